The first-order chi connectivity index (χ1) is 5.00. The Morgan fingerprint density at radius 1 is 1.27 bits per heavy atom. The highest BCUT2D eigenvalue weighted by molar-refractivity contribution is 6.74. The van der Waals surface area contributed by atoms with Crippen LogP contribution in [0.25, 0.3) is 0 Å². The van der Waals surface area contributed by atoms with Gasteiger partial charge in [0.2, 0.25) is 0 Å². The van der Waals surface area contributed by atoms with Gasteiger partial charge in [-0.05, 0) is 26.6 Å². The van der Waals surface area contributed by atoms with E-state index in [-0.39, 0.29) is 0 Å². The van der Waals surface area contributed by atoms with Crippen LogP contribution in [0.3, 0.4) is 0 Å². The van der Waals surface area contributed by atoms with Crippen LogP contribution in [-0.4, -0.2) is 40.6 Å². The molecule has 0 rings (SSSR count). The van der Waals surface area contributed by atoms with Crippen molar-refractivity contribution in [2.24, 2.45) is 0 Å². The molecule has 0 N–H and O–H groups in total. The predicted molar refractivity (Wildman–Crippen MR) is 52.5 cm³/mol. The molecule has 0 radical (unpaired) electrons. The third-order valence-corrected chi connectivity index (χ3v) is 6.35. The lowest BCUT2D eigenvalue weighted by Gasteiger charge is -2.29. The van der Waals surface area contributed by atoms with Crippen LogP contribution in [0.1, 0.15) is 6.42 Å². The number of rotatable bonds is 5. The molecule has 0 aromatic rings. The maximum Gasteiger partial charge on any atom is 0.121 e. The van der Waals surface area contributed by atoms with E-state index in [1.165, 1.54) is 12.5 Å². The maximum atomic E-state index is 5.02. The summed E-state index contributed by atoms with van der Waals surface area (Å²) >= 11 is 0. The molecule has 0 aliphatic heterocycles. The van der Waals surface area contributed by atoms with Gasteiger partial charge in [-0.15, -0.1) is 0 Å². The first kappa shape index (κ1) is 11.1. The summed E-state index contributed by atoms with van der Waals surface area (Å²) < 4.78 is 7.41. The smallest absolute Gasteiger partial charge is 0.121 e. The molecule has 0 aliphatic rings. The lowest BCUT2D eigenvalue weighted by molar-refractivity contribution is 0.198. The zero-order chi connectivity index (χ0) is 8.91. The lowest BCUT2D eigenvalue weighted by Crippen LogP contribution is -2.43. The van der Waals surface area contributed by atoms with Gasteiger partial charge in [0.1, 0.15) is 8.24 Å². The monoisotopic (exact) mass is 175 g/mol. The zero-order valence-corrected chi connectivity index (χ0v) is 9.48. The van der Waals surface area contributed by atoms with Crippen LogP contribution in [0, 0.1) is 0 Å². The van der Waals surface area contributed by atoms with Gasteiger partial charge < -0.3 is 9.30 Å². The second-order valence-corrected chi connectivity index (χ2v) is 8.82. The Morgan fingerprint density at radius 2 is 1.82 bits per heavy atom. The third-order valence-electron chi connectivity index (χ3n) is 2.35. The minimum atomic E-state index is -1.06. The quantitative estimate of drug-likeness (QED) is 0.466. The second-order valence-electron chi connectivity index (χ2n) is 3.80. The van der Waals surface area contributed by atoms with Gasteiger partial charge in [0, 0.05) is 13.7 Å². The van der Waals surface area contributed by atoms with Crippen molar-refractivity contribution < 1.29 is 4.74 Å². The van der Waals surface area contributed by atoms with E-state index >= 15 is 0 Å². The molecule has 0 saturated heterocycles. The summed E-state index contributed by atoms with van der Waals surface area (Å²) in [6.45, 7) is 5.69. The van der Waals surface area contributed by atoms with Gasteiger partial charge in [-0.3, -0.25) is 0 Å². The fourth-order valence-corrected chi connectivity index (χ4v) is 2.33. The number of nitrogens with zero attached hydrogens (tertiary/aromatic N) is 1. The lowest BCUT2D eigenvalue weighted by atomic mass is 10.5. The van der Waals surface area contributed by atoms with Crippen LogP contribution in [0.4, 0.5) is 0 Å². The average Bonchev–Trinajstić information content (AvgIpc) is 1.88. The second kappa shape index (κ2) is 4.90. The molecular weight excluding hydrogens is 154 g/mol. The van der Waals surface area contributed by atoms with Gasteiger partial charge >= 0.3 is 0 Å². The molecule has 68 valence electrons. The van der Waals surface area contributed by atoms with Crippen LogP contribution in [0.15, 0.2) is 0 Å². The highest BCUT2D eigenvalue weighted by Crippen LogP contribution is 2.13. The van der Waals surface area contributed by atoms with Crippen molar-refractivity contribution in [3.8, 4) is 0 Å². The van der Waals surface area contributed by atoms with Crippen LogP contribution in [0.5, 0.6) is 0 Å². The summed E-state index contributed by atoms with van der Waals surface area (Å²) in [5, 5.41) is 0. The number of methoxy groups -OCH3 is 1. The van der Waals surface area contributed by atoms with Crippen molar-refractivity contribution in [2.45, 2.75) is 25.6 Å². The highest BCUT2D eigenvalue weighted by atomic mass is 28.3. The van der Waals surface area contributed by atoms with Gasteiger partial charge in [-0.25, -0.2) is 0 Å². The van der Waals surface area contributed by atoms with E-state index in [0.717, 1.165) is 6.61 Å². The number of hydrogen-bond donors (Lipinski definition) is 0. The van der Waals surface area contributed by atoms with E-state index in [4.69, 9.17) is 4.74 Å². The molecule has 3 heteroatoms. The molecule has 11 heavy (non-hydrogen) atoms. The van der Waals surface area contributed by atoms with Gasteiger partial charge in [0.15, 0.2) is 0 Å². The molecule has 0 fully saturated rings. The molecule has 0 spiro atoms. The molecule has 0 aromatic carbocycles. The van der Waals surface area contributed by atoms with Crippen molar-refractivity contribution in [3.63, 3.8) is 0 Å². The number of hydrogen-bond acceptors (Lipinski definition) is 2. The summed E-state index contributed by atoms with van der Waals surface area (Å²) in [5.74, 6) is 0. The van der Waals surface area contributed by atoms with Crippen molar-refractivity contribution >= 4 is 8.24 Å². The SMILES string of the molecule is COCCC[Si](C)(C)N(C)C. The Hall–Kier alpha value is 0.137. The van der Waals surface area contributed by atoms with Gasteiger partial charge in [0.05, 0.1) is 0 Å². The van der Waals surface area contributed by atoms with Gasteiger partial charge in [-0.2, -0.15) is 0 Å². The van der Waals surface area contributed by atoms with E-state index in [1.54, 1.807) is 7.11 Å². The van der Waals surface area contributed by atoms with Crippen molar-refractivity contribution in [3.05, 3.63) is 0 Å². The Bertz CT molecular complexity index is 104. The molecule has 0 aromatic heterocycles. The standard InChI is InChI=1S/C8H21NOSi/c1-9(2)11(4,5)8-6-7-10-3/h6-8H2,1-5H3. The summed E-state index contributed by atoms with van der Waals surface area (Å²) in [6.07, 6.45) is 1.20. The molecule has 0 aliphatic carbocycles. The summed E-state index contributed by atoms with van der Waals surface area (Å²) in [5.41, 5.74) is 0. The fourth-order valence-electron chi connectivity index (χ4n) is 0.873. The van der Waals surface area contributed by atoms with Crippen LogP contribution >= 0.6 is 0 Å². The Kier molecular flexibility index (Phi) is 4.96. The molecule has 0 saturated carbocycles. The van der Waals surface area contributed by atoms with Crippen molar-refractivity contribution in [1.82, 2.24) is 4.57 Å². The first-order valence-electron chi connectivity index (χ1n) is 4.17. The zero-order valence-electron chi connectivity index (χ0n) is 8.48. The minimum absolute atomic E-state index is 0.907. The number of ether oxygens (including phenoxy) is 1. The third kappa shape index (κ3) is 4.56. The molecule has 0 unspecified atom stereocenters. The molecular formula is C8H21NOSi. The fraction of sp³-hybridized carbons (Fsp3) is 1.00. The molecule has 0 heterocycles. The Labute approximate surface area is 71.6 Å². The van der Waals surface area contributed by atoms with E-state index in [9.17, 15) is 0 Å². The van der Waals surface area contributed by atoms with Crippen molar-refractivity contribution in [1.29, 1.82) is 0 Å². The largest absolute Gasteiger partial charge is 0.385 e. The molecule has 0 atom stereocenters. The van der Waals surface area contributed by atoms with Crippen LogP contribution in [-0.2, 0) is 4.74 Å². The highest BCUT2D eigenvalue weighted by Gasteiger charge is 2.22. The summed E-state index contributed by atoms with van der Waals surface area (Å²) in [4.78, 5) is 0. The first-order valence-corrected chi connectivity index (χ1v) is 7.32. The van der Waals surface area contributed by atoms with Crippen LogP contribution < -0.4 is 0 Å². The van der Waals surface area contributed by atoms with Gasteiger partial charge in [0.25, 0.3) is 0 Å². The molecule has 0 bridgehead atoms. The molecule has 0 amide bonds. The minimum Gasteiger partial charge on any atom is -0.385 e. The van der Waals surface area contributed by atoms with E-state index in [1.807, 2.05) is 0 Å². The normalized spacial score (nSPS) is 12.5. The van der Waals surface area contributed by atoms with E-state index < -0.39 is 8.24 Å². The predicted octanol–water partition coefficient (Wildman–Crippen LogP) is 1.79. The average molecular weight is 175 g/mol. The van der Waals surface area contributed by atoms with Crippen LogP contribution in [0.2, 0.25) is 19.1 Å². The van der Waals surface area contributed by atoms with E-state index in [2.05, 4.69) is 31.8 Å². The Morgan fingerprint density at radius 3 is 2.18 bits per heavy atom. The van der Waals surface area contributed by atoms with Crippen molar-refractivity contribution in [2.75, 3.05) is 27.8 Å². The topological polar surface area (TPSA) is 12.5 Å². The maximum absolute atomic E-state index is 5.02. The molecule has 2 nitrogen and oxygen atoms in total. The summed E-state index contributed by atoms with van der Waals surface area (Å²) in [7, 11) is 5.06. The van der Waals surface area contributed by atoms with Gasteiger partial charge in [-0.1, -0.05) is 13.1 Å². The Balaban J connectivity index is 3.55. The summed E-state index contributed by atoms with van der Waals surface area (Å²) in [6, 6.07) is 1.33. The van der Waals surface area contributed by atoms with E-state index in [0.29, 0.717) is 0 Å².